The molecule has 1 fully saturated rings. The summed E-state index contributed by atoms with van der Waals surface area (Å²) in [5.74, 6) is 0.745. The molecule has 0 saturated carbocycles. The van der Waals surface area contributed by atoms with Gasteiger partial charge in [0.2, 0.25) is 5.91 Å². The topological polar surface area (TPSA) is 51.0 Å². The minimum Gasteiger partial charge on any atom is -0.342 e. The van der Waals surface area contributed by atoms with Gasteiger partial charge in [-0.2, -0.15) is 5.10 Å². The molecular weight excluding hydrogens is 324 g/mol. The maximum Gasteiger partial charge on any atom is 0.227 e. The number of carbonyl (C=O) groups excluding carboxylic acids is 1. The van der Waals surface area contributed by atoms with Crippen molar-refractivity contribution >= 4 is 5.91 Å². The van der Waals surface area contributed by atoms with E-state index in [9.17, 15) is 4.79 Å². The molecule has 2 aromatic rings. The molecule has 0 bridgehead atoms. The Morgan fingerprint density at radius 2 is 2.08 bits per heavy atom. The molecule has 26 heavy (non-hydrogen) atoms. The number of hydrogen-bond acceptors (Lipinski definition) is 3. The summed E-state index contributed by atoms with van der Waals surface area (Å²) in [6.45, 7) is 10.7. The van der Waals surface area contributed by atoms with Crippen LogP contribution in [0.4, 0.5) is 0 Å². The van der Waals surface area contributed by atoms with Crippen molar-refractivity contribution in [2.45, 2.75) is 53.5 Å². The third-order valence-electron chi connectivity index (χ3n) is 4.93. The van der Waals surface area contributed by atoms with E-state index in [2.05, 4.69) is 30.2 Å². The first-order valence-corrected chi connectivity index (χ1v) is 9.66. The number of nitrogens with zero attached hydrogens (tertiary/aromatic N) is 4. The molecule has 1 aliphatic rings. The number of aryl methyl sites for hydroxylation is 1. The summed E-state index contributed by atoms with van der Waals surface area (Å²) in [4.78, 5) is 19.4. The minimum absolute atomic E-state index is 0.255. The number of likely N-dealkylation sites (tertiary alicyclic amines) is 1. The first-order valence-electron chi connectivity index (χ1n) is 9.66. The Bertz CT molecular complexity index is 759. The van der Waals surface area contributed by atoms with Gasteiger partial charge in [-0.3, -0.25) is 14.5 Å². The van der Waals surface area contributed by atoms with Crippen LogP contribution in [0.2, 0.25) is 0 Å². The highest BCUT2D eigenvalue weighted by molar-refractivity contribution is 5.81. The molecule has 1 saturated heterocycles. The number of amides is 1. The highest BCUT2D eigenvalue weighted by Gasteiger charge is 2.32. The Morgan fingerprint density at radius 3 is 2.81 bits per heavy atom. The monoisotopic (exact) mass is 354 g/mol. The largest absolute Gasteiger partial charge is 0.342 e. The highest BCUT2D eigenvalue weighted by atomic mass is 16.2. The van der Waals surface area contributed by atoms with Gasteiger partial charge in [0.15, 0.2) is 0 Å². The molecule has 0 spiro atoms. The van der Waals surface area contributed by atoms with E-state index in [4.69, 9.17) is 4.98 Å². The van der Waals surface area contributed by atoms with Crippen molar-refractivity contribution in [3.05, 3.63) is 36.2 Å². The van der Waals surface area contributed by atoms with Crippen LogP contribution in [0.5, 0.6) is 0 Å². The van der Waals surface area contributed by atoms with E-state index in [1.807, 2.05) is 42.6 Å². The summed E-state index contributed by atoms with van der Waals surface area (Å²) in [6, 6.07) is 8.25. The van der Waals surface area contributed by atoms with Crippen molar-refractivity contribution < 1.29 is 4.79 Å². The fraction of sp³-hybridized carbons (Fsp3) is 0.571. The molecular formula is C21H30N4O. The van der Waals surface area contributed by atoms with Crippen LogP contribution in [0.25, 0.3) is 11.4 Å². The van der Waals surface area contributed by atoms with E-state index >= 15 is 0 Å². The number of pyridine rings is 1. The van der Waals surface area contributed by atoms with Crippen molar-refractivity contribution in [2.75, 3.05) is 13.1 Å². The van der Waals surface area contributed by atoms with Gasteiger partial charge in [-0.15, -0.1) is 0 Å². The number of carbonyl (C=O) groups is 1. The van der Waals surface area contributed by atoms with Crippen LogP contribution >= 0.6 is 0 Å². The van der Waals surface area contributed by atoms with Gasteiger partial charge in [0.1, 0.15) is 0 Å². The van der Waals surface area contributed by atoms with Crippen LogP contribution in [-0.2, 0) is 17.8 Å². The van der Waals surface area contributed by atoms with Gasteiger partial charge in [-0.25, -0.2) is 0 Å². The zero-order valence-corrected chi connectivity index (χ0v) is 16.4. The Balaban J connectivity index is 1.68. The van der Waals surface area contributed by atoms with Crippen LogP contribution in [-0.4, -0.2) is 38.7 Å². The molecule has 140 valence electrons. The second-order valence-electron chi connectivity index (χ2n) is 8.31. The summed E-state index contributed by atoms with van der Waals surface area (Å²) in [6.07, 6.45) is 4.87. The van der Waals surface area contributed by atoms with Gasteiger partial charge in [0.05, 0.1) is 11.4 Å². The molecule has 0 unspecified atom stereocenters. The lowest BCUT2D eigenvalue weighted by atomic mass is 9.95. The zero-order valence-electron chi connectivity index (χ0n) is 16.4. The first-order chi connectivity index (χ1) is 12.4. The molecule has 1 aliphatic heterocycles. The van der Waals surface area contributed by atoms with Crippen LogP contribution in [0, 0.1) is 11.3 Å². The molecule has 0 radical (unpaired) electrons. The van der Waals surface area contributed by atoms with Crippen molar-refractivity contribution in [2.24, 2.45) is 11.3 Å². The Kier molecular flexibility index (Phi) is 5.44. The molecule has 3 heterocycles. The van der Waals surface area contributed by atoms with Gasteiger partial charge in [0, 0.05) is 36.9 Å². The molecule has 5 heteroatoms. The predicted molar refractivity (Wildman–Crippen MR) is 104 cm³/mol. The summed E-state index contributed by atoms with van der Waals surface area (Å²) < 4.78 is 2.02. The molecule has 5 nitrogen and oxygen atoms in total. The second kappa shape index (κ2) is 7.60. The van der Waals surface area contributed by atoms with Crippen molar-refractivity contribution in [1.29, 1.82) is 0 Å². The van der Waals surface area contributed by atoms with E-state index < -0.39 is 0 Å². The van der Waals surface area contributed by atoms with Crippen molar-refractivity contribution in [3.63, 3.8) is 0 Å². The quantitative estimate of drug-likeness (QED) is 0.821. The fourth-order valence-electron chi connectivity index (χ4n) is 3.63. The summed E-state index contributed by atoms with van der Waals surface area (Å²) in [5.41, 5.74) is 2.85. The highest BCUT2D eigenvalue weighted by Crippen LogP contribution is 2.26. The standard InChI is InChI=1S/C21H30N4O/c1-5-12-25-19(9-11-22-25)18-8-6-7-17(23-18)14-16-10-13-24(15-16)20(26)21(2,3)4/h6-9,11,16H,5,10,12-15H2,1-4H3/t16-/m0/s1. The lowest BCUT2D eigenvalue weighted by Crippen LogP contribution is -2.38. The average molecular weight is 354 g/mol. The Hall–Kier alpha value is -2.17. The predicted octanol–water partition coefficient (Wildman–Crippen LogP) is 3.79. The molecule has 0 aliphatic carbocycles. The zero-order chi connectivity index (χ0) is 18.7. The van der Waals surface area contributed by atoms with Gasteiger partial charge in [0.25, 0.3) is 0 Å². The number of rotatable bonds is 5. The molecule has 3 rings (SSSR count). The van der Waals surface area contributed by atoms with E-state index in [0.29, 0.717) is 5.92 Å². The SMILES string of the molecule is CCCn1nccc1-c1cccc(C[C@@H]2CCN(C(=O)C(C)(C)C)C2)n1. The molecule has 2 aromatic heterocycles. The maximum absolute atomic E-state index is 12.5. The minimum atomic E-state index is -0.301. The lowest BCUT2D eigenvalue weighted by Gasteiger charge is -2.25. The third kappa shape index (κ3) is 4.14. The lowest BCUT2D eigenvalue weighted by molar-refractivity contribution is -0.138. The van der Waals surface area contributed by atoms with Crippen LogP contribution in [0.3, 0.4) is 0 Å². The molecule has 1 amide bonds. The Morgan fingerprint density at radius 1 is 1.27 bits per heavy atom. The summed E-state index contributed by atoms with van der Waals surface area (Å²) in [5, 5.41) is 4.40. The van der Waals surface area contributed by atoms with Crippen LogP contribution in [0.15, 0.2) is 30.5 Å². The first kappa shape index (κ1) is 18.6. The van der Waals surface area contributed by atoms with Gasteiger partial charge >= 0.3 is 0 Å². The second-order valence-corrected chi connectivity index (χ2v) is 8.31. The average Bonchev–Trinajstić information content (AvgIpc) is 3.23. The summed E-state index contributed by atoms with van der Waals surface area (Å²) >= 11 is 0. The van der Waals surface area contributed by atoms with E-state index in [-0.39, 0.29) is 11.3 Å². The smallest absolute Gasteiger partial charge is 0.227 e. The van der Waals surface area contributed by atoms with Crippen molar-refractivity contribution in [1.82, 2.24) is 19.7 Å². The Labute approximate surface area is 156 Å². The molecule has 1 atom stereocenters. The fourth-order valence-corrected chi connectivity index (χ4v) is 3.63. The van der Waals surface area contributed by atoms with Gasteiger partial charge < -0.3 is 4.90 Å². The van der Waals surface area contributed by atoms with E-state index in [0.717, 1.165) is 56.0 Å². The molecule has 0 aromatic carbocycles. The van der Waals surface area contributed by atoms with E-state index in [1.54, 1.807) is 0 Å². The van der Waals surface area contributed by atoms with E-state index in [1.165, 1.54) is 0 Å². The number of hydrogen-bond donors (Lipinski definition) is 0. The van der Waals surface area contributed by atoms with Crippen molar-refractivity contribution in [3.8, 4) is 11.4 Å². The van der Waals surface area contributed by atoms with Gasteiger partial charge in [-0.05, 0) is 43.4 Å². The maximum atomic E-state index is 12.5. The van der Waals surface area contributed by atoms with Gasteiger partial charge in [-0.1, -0.05) is 33.8 Å². The summed E-state index contributed by atoms with van der Waals surface area (Å²) in [7, 11) is 0. The number of aromatic nitrogens is 3. The third-order valence-corrected chi connectivity index (χ3v) is 4.93. The van der Waals surface area contributed by atoms with Crippen LogP contribution < -0.4 is 0 Å². The normalized spacial score (nSPS) is 17.7. The molecule has 0 N–H and O–H groups in total. The van der Waals surface area contributed by atoms with Crippen LogP contribution in [0.1, 0.15) is 46.2 Å².